The van der Waals surface area contributed by atoms with Gasteiger partial charge in [0.05, 0.1) is 18.7 Å². The van der Waals surface area contributed by atoms with Gasteiger partial charge in [-0.25, -0.2) is 14.7 Å². The minimum atomic E-state index is -0.649. The first-order valence-electron chi connectivity index (χ1n) is 6.71. The van der Waals surface area contributed by atoms with Crippen molar-refractivity contribution in [3.8, 4) is 0 Å². The first kappa shape index (κ1) is 16.4. The van der Waals surface area contributed by atoms with Crippen molar-refractivity contribution in [3.63, 3.8) is 0 Å². The standard InChI is InChI=1S/C14H17BrN4O3/c1-14(2,3)22-13(21)19-8-10(6-12(19)20)17-18-11-5-4-9(15)7-16-11/h4-5,7H,6,8H2,1-3H3,(H,16,18)/b17-10+. The van der Waals surface area contributed by atoms with E-state index in [9.17, 15) is 9.59 Å². The van der Waals surface area contributed by atoms with Gasteiger partial charge in [0.1, 0.15) is 11.4 Å². The van der Waals surface area contributed by atoms with Crippen molar-refractivity contribution in [1.82, 2.24) is 9.88 Å². The Balaban J connectivity index is 1.98. The van der Waals surface area contributed by atoms with E-state index < -0.39 is 11.7 Å². The minimum absolute atomic E-state index is 0.0861. The molecule has 0 spiro atoms. The Labute approximate surface area is 136 Å². The van der Waals surface area contributed by atoms with Crippen LogP contribution in [0.4, 0.5) is 10.6 Å². The number of amides is 2. The average molecular weight is 369 g/mol. The minimum Gasteiger partial charge on any atom is -0.443 e. The molecule has 8 heteroatoms. The number of pyridine rings is 1. The Morgan fingerprint density at radius 2 is 2.18 bits per heavy atom. The fourth-order valence-corrected chi connectivity index (χ4v) is 1.97. The van der Waals surface area contributed by atoms with Crippen LogP contribution in [0.5, 0.6) is 0 Å². The fraction of sp³-hybridized carbons (Fsp3) is 0.429. The molecule has 1 saturated heterocycles. The van der Waals surface area contributed by atoms with Gasteiger partial charge in [0.2, 0.25) is 5.91 Å². The first-order chi connectivity index (χ1) is 10.2. The van der Waals surface area contributed by atoms with Crippen LogP contribution in [-0.2, 0) is 9.53 Å². The maximum absolute atomic E-state index is 11.9. The van der Waals surface area contributed by atoms with Crippen molar-refractivity contribution in [2.75, 3.05) is 12.0 Å². The van der Waals surface area contributed by atoms with E-state index in [0.29, 0.717) is 11.5 Å². The van der Waals surface area contributed by atoms with Gasteiger partial charge in [0.25, 0.3) is 0 Å². The fourth-order valence-electron chi connectivity index (χ4n) is 1.73. The number of nitrogens with one attached hydrogen (secondary N) is 1. The molecule has 2 amide bonds. The highest BCUT2D eigenvalue weighted by Gasteiger charge is 2.34. The lowest BCUT2D eigenvalue weighted by atomic mass is 10.2. The molecule has 0 radical (unpaired) electrons. The Morgan fingerprint density at radius 1 is 1.45 bits per heavy atom. The number of carbonyl (C=O) groups excluding carboxylic acids is 2. The number of halogens is 1. The predicted octanol–water partition coefficient (Wildman–Crippen LogP) is 2.78. The number of hydrogen-bond acceptors (Lipinski definition) is 6. The number of carbonyl (C=O) groups is 2. The highest BCUT2D eigenvalue weighted by molar-refractivity contribution is 9.10. The molecule has 1 aromatic heterocycles. The molecule has 1 fully saturated rings. The van der Waals surface area contributed by atoms with E-state index in [1.54, 1.807) is 33.0 Å². The molecular weight excluding hydrogens is 352 g/mol. The van der Waals surface area contributed by atoms with E-state index in [-0.39, 0.29) is 18.9 Å². The molecule has 1 aliphatic rings. The van der Waals surface area contributed by atoms with E-state index in [4.69, 9.17) is 4.74 Å². The maximum atomic E-state index is 11.9. The molecule has 118 valence electrons. The third kappa shape index (κ3) is 4.52. The number of ether oxygens (including phenoxy) is 1. The lowest BCUT2D eigenvalue weighted by molar-refractivity contribution is -0.126. The van der Waals surface area contributed by atoms with Gasteiger partial charge in [-0.3, -0.25) is 10.2 Å². The lowest BCUT2D eigenvalue weighted by Gasteiger charge is -2.22. The number of rotatable bonds is 2. The molecule has 2 rings (SSSR count). The molecule has 1 aliphatic heterocycles. The summed E-state index contributed by atoms with van der Waals surface area (Å²) >= 11 is 3.29. The highest BCUT2D eigenvalue weighted by Crippen LogP contribution is 2.16. The maximum Gasteiger partial charge on any atom is 0.417 e. The zero-order chi connectivity index (χ0) is 16.3. The van der Waals surface area contributed by atoms with Gasteiger partial charge in [0, 0.05) is 10.7 Å². The topological polar surface area (TPSA) is 83.9 Å². The third-order valence-corrected chi connectivity index (χ3v) is 3.14. The predicted molar refractivity (Wildman–Crippen MR) is 85.6 cm³/mol. The summed E-state index contributed by atoms with van der Waals surface area (Å²) in [5, 5.41) is 4.12. The molecule has 1 aromatic rings. The largest absolute Gasteiger partial charge is 0.443 e. The Morgan fingerprint density at radius 3 is 2.77 bits per heavy atom. The number of anilines is 1. The monoisotopic (exact) mass is 368 g/mol. The number of nitrogens with zero attached hydrogens (tertiary/aromatic N) is 3. The molecule has 0 aromatic carbocycles. The molecular formula is C14H17BrN4O3. The number of likely N-dealkylation sites (tertiary alicyclic amines) is 1. The van der Waals surface area contributed by atoms with Gasteiger partial charge in [-0.2, -0.15) is 5.10 Å². The molecule has 0 bridgehead atoms. The summed E-state index contributed by atoms with van der Waals surface area (Å²) in [4.78, 5) is 28.9. The van der Waals surface area contributed by atoms with Gasteiger partial charge in [-0.15, -0.1) is 0 Å². The number of hydrogen-bond donors (Lipinski definition) is 1. The number of imide groups is 1. The van der Waals surface area contributed by atoms with Crippen LogP contribution >= 0.6 is 15.9 Å². The quantitative estimate of drug-likeness (QED) is 0.811. The van der Waals surface area contributed by atoms with Crippen molar-refractivity contribution in [3.05, 3.63) is 22.8 Å². The molecule has 0 atom stereocenters. The van der Waals surface area contributed by atoms with Crippen LogP contribution in [-0.4, -0.2) is 39.7 Å². The molecule has 7 nitrogen and oxygen atoms in total. The highest BCUT2D eigenvalue weighted by atomic mass is 79.9. The van der Waals surface area contributed by atoms with E-state index in [0.717, 1.165) is 9.37 Å². The van der Waals surface area contributed by atoms with E-state index in [2.05, 4.69) is 31.4 Å². The summed E-state index contributed by atoms with van der Waals surface area (Å²) in [6.45, 7) is 5.38. The molecule has 22 heavy (non-hydrogen) atoms. The van der Waals surface area contributed by atoms with Crippen molar-refractivity contribution in [1.29, 1.82) is 0 Å². The van der Waals surface area contributed by atoms with Gasteiger partial charge >= 0.3 is 6.09 Å². The SMILES string of the molecule is CC(C)(C)OC(=O)N1C/C(=N/Nc2ccc(Br)cn2)CC1=O. The van der Waals surface area contributed by atoms with Crippen LogP contribution < -0.4 is 5.43 Å². The van der Waals surface area contributed by atoms with Crippen LogP contribution in [0.15, 0.2) is 27.9 Å². The van der Waals surface area contributed by atoms with Gasteiger partial charge in [-0.05, 0) is 48.8 Å². The third-order valence-electron chi connectivity index (χ3n) is 2.67. The van der Waals surface area contributed by atoms with Crippen molar-refractivity contribution >= 4 is 39.5 Å². The van der Waals surface area contributed by atoms with E-state index >= 15 is 0 Å². The Kier molecular flexibility index (Phi) is 4.80. The molecule has 0 aliphatic carbocycles. The van der Waals surface area contributed by atoms with Crippen LogP contribution in [0.1, 0.15) is 27.2 Å². The number of hydrazone groups is 1. The molecule has 1 N–H and O–H groups in total. The van der Waals surface area contributed by atoms with Gasteiger partial charge in [0.15, 0.2) is 0 Å². The van der Waals surface area contributed by atoms with Crippen molar-refractivity contribution in [2.24, 2.45) is 5.10 Å². The normalized spacial score (nSPS) is 17.0. The summed E-state index contributed by atoms with van der Waals surface area (Å²) in [5.41, 5.74) is 2.68. The van der Waals surface area contributed by atoms with Crippen molar-refractivity contribution in [2.45, 2.75) is 32.8 Å². The van der Waals surface area contributed by atoms with Crippen molar-refractivity contribution < 1.29 is 14.3 Å². The zero-order valence-corrected chi connectivity index (χ0v) is 14.2. The summed E-state index contributed by atoms with van der Waals surface area (Å²) in [7, 11) is 0. The second kappa shape index (κ2) is 6.43. The van der Waals surface area contributed by atoms with E-state index in [1.807, 2.05) is 6.07 Å². The smallest absolute Gasteiger partial charge is 0.417 e. The second-order valence-corrected chi connectivity index (χ2v) is 6.70. The molecule has 2 heterocycles. The molecule has 0 saturated carbocycles. The van der Waals surface area contributed by atoms with Gasteiger partial charge in [-0.1, -0.05) is 0 Å². The van der Waals surface area contributed by atoms with Crippen LogP contribution in [0.3, 0.4) is 0 Å². The second-order valence-electron chi connectivity index (χ2n) is 5.79. The Hall–Kier alpha value is -1.96. The summed E-state index contributed by atoms with van der Waals surface area (Å²) < 4.78 is 6.05. The van der Waals surface area contributed by atoms with E-state index in [1.165, 1.54) is 0 Å². The number of aromatic nitrogens is 1. The Bertz CT molecular complexity index is 608. The first-order valence-corrected chi connectivity index (χ1v) is 7.50. The lowest BCUT2D eigenvalue weighted by Crippen LogP contribution is -2.37. The van der Waals surface area contributed by atoms with Crippen LogP contribution in [0.2, 0.25) is 0 Å². The van der Waals surface area contributed by atoms with Gasteiger partial charge < -0.3 is 4.74 Å². The zero-order valence-electron chi connectivity index (χ0n) is 12.6. The molecule has 0 unspecified atom stereocenters. The summed E-state index contributed by atoms with van der Waals surface area (Å²) in [5.74, 6) is 0.234. The summed E-state index contributed by atoms with van der Waals surface area (Å²) in [6, 6.07) is 3.57. The average Bonchev–Trinajstić information content (AvgIpc) is 2.77. The van der Waals surface area contributed by atoms with Crippen LogP contribution in [0, 0.1) is 0 Å². The summed E-state index contributed by atoms with van der Waals surface area (Å²) in [6.07, 6.45) is 1.07. The van der Waals surface area contributed by atoms with Crippen LogP contribution in [0.25, 0.3) is 0 Å².